The molecule has 0 amide bonds. The number of allylic oxidation sites excluding steroid dienone is 1. The Morgan fingerprint density at radius 1 is 1.00 bits per heavy atom. The van der Waals surface area contributed by atoms with Gasteiger partial charge >= 0.3 is 11.9 Å². The number of methoxy groups -OCH3 is 2. The van der Waals surface area contributed by atoms with Crippen molar-refractivity contribution in [3.05, 3.63) is 41.1 Å². The summed E-state index contributed by atoms with van der Waals surface area (Å²) in [5.41, 5.74) is 4.68. The first-order valence-corrected chi connectivity index (χ1v) is 12.1. The summed E-state index contributed by atoms with van der Waals surface area (Å²) in [6.45, 7) is 18.0. The van der Waals surface area contributed by atoms with Crippen LogP contribution in [0, 0.1) is 11.3 Å². The molecule has 0 spiro atoms. The average molecular weight is 458 g/mol. The molecular formula is C28H43NO4. The Bertz CT molecular complexity index is 869. The zero-order valence-electron chi connectivity index (χ0n) is 22.2. The summed E-state index contributed by atoms with van der Waals surface area (Å²) in [6, 6.07) is 6.60. The molecule has 184 valence electrons. The number of carbonyl (C=O) groups is 2. The van der Waals surface area contributed by atoms with Gasteiger partial charge in [-0.1, -0.05) is 65.8 Å². The minimum atomic E-state index is -0.520. The molecule has 1 heterocycles. The largest absolute Gasteiger partial charge is 0.469 e. The SMILES string of the molecule is COC(=O)CCC(/C=C1/N(c2c(C(C)C)cccc2C(C)C)C(C)(C)CC1(C)C)C(=O)OC. The van der Waals surface area contributed by atoms with E-state index in [9.17, 15) is 9.59 Å². The standard InChI is InChI=1S/C28H43NO4/c1-18(2)21-12-11-13-22(19(3)4)25(21)29-23(27(5,6)17-28(29,7)8)16-20(26(31)33-10)14-15-24(30)32-9/h11-13,16,18-20H,14-15,17H2,1-10H3/b23-16+. The Balaban J connectivity index is 2.75. The van der Waals surface area contributed by atoms with E-state index in [4.69, 9.17) is 9.47 Å². The van der Waals surface area contributed by atoms with Gasteiger partial charge in [-0.3, -0.25) is 9.59 Å². The number of para-hydroxylation sites is 1. The van der Waals surface area contributed by atoms with Gasteiger partial charge in [0.05, 0.1) is 20.1 Å². The van der Waals surface area contributed by atoms with Crippen LogP contribution in [0.2, 0.25) is 0 Å². The second-order valence-corrected chi connectivity index (χ2v) is 11.1. The molecule has 2 rings (SSSR count). The highest BCUT2D eigenvalue weighted by Gasteiger charge is 2.49. The first-order chi connectivity index (χ1) is 15.3. The van der Waals surface area contributed by atoms with E-state index >= 15 is 0 Å². The highest BCUT2D eigenvalue weighted by atomic mass is 16.5. The summed E-state index contributed by atoms with van der Waals surface area (Å²) in [5.74, 6) is -0.454. The van der Waals surface area contributed by atoms with E-state index in [1.165, 1.54) is 31.0 Å². The number of hydrogen-bond acceptors (Lipinski definition) is 5. The summed E-state index contributed by atoms with van der Waals surface area (Å²) in [4.78, 5) is 27.0. The van der Waals surface area contributed by atoms with Gasteiger partial charge in [-0.05, 0) is 49.7 Å². The number of ether oxygens (including phenoxy) is 2. The zero-order valence-corrected chi connectivity index (χ0v) is 22.2. The topological polar surface area (TPSA) is 55.8 Å². The predicted octanol–water partition coefficient (Wildman–Crippen LogP) is 6.57. The maximum absolute atomic E-state index is 12.7. The maximum Gasteiger partial charge on any atom is 0.312 e. The van der Waals surface area contributed by atoms with Crippen LogP contribution in [0.3, 0.4) is 0 Å². The number of esters is 2. The van der Waals surface area contributed by atoms with E-state index in [0.29, 0.717) is 18.3 Å². The molecule has 5 nitrogen and oxygen atoms in total. The van der Waals surface area contributed by atoms with Crippen molar-refractivity contribution in [3.63, 3.8) is 0 Å². The average Bonchev–Trinajstić information content (AvgIpc) is 2.91. The van der Waals surface area contributed by atoms with Gasteiger partial charge in [-0.15, -0.1) is 0 Å². The van der Waals surface area contributed by atoms with Gasteiger partial charge in [0.1, 0.15) is 0 Å². The molecule has 0 bridgehead atoms. The van der Waals surface area contributed by atoms with Gasteiger partial charge < -0.3 is 14.4 Å². The second kappa shape index (κ2) is 10.3. The molecule has 1 aromatic rings. The van der Waals surface area contributed by atoms with E-state index in [0.717, 1.165) is 12.1 Å². The normalized spacial score (nSPS) is 19.3. The molecule has 1 aliphatic heterocycles. The Morgan fingerprint density at radius 3 is 2.00 bits per heavy atom. The van der Waals surface area contributed by atoms with Crippen LogP contribution < -0.4 is 4.90 Å². The fourth-order valence-electron chi connectivity index (χ4n) is 5.36. The monoisotopic (exact) mass is 457 g/mol. The van der Waals surface area contributed by atoms with E-state index < -0.39 is 5.92 Å². The second-order valence-electron chi connectivity index (χ2n) is 11.1. The van der Waals surface area contributed by atoms with E-state index in [1.54, 1.807) is 0 Å². The van der Waals surface area contributed by atoms with Gasteiger partial charge in [0, 0.05) is 28.8 Å². The van der Waals surface area contributed by atoms with Gasteiger partial charge in [-0.25, -0.2) is 0 Å². The van der Waals surface area contributed by atoms with E-state index in [-0.39, 0.29) is 29.3 Å². The van der Waals surface area contributed by atoms with Crippen molar-refractivity contribution in [2.45, 2.75) is 92.0 Å². The lowest BCUT2D eigenvalue weighted by molar-refractivity contribution is -0.145. The van der Waals surface area contributed by atoms with Crippen LogP contribution in [0.1, 0.15) is 97.6 Å². The van der Waals surface area contributed by atoms with Crippen molar-refractivity contribution in [2.24, 2.45) is 11.3 Å². The molecule has 33 heavy (non-hydrogen) atoms. The number of hydrogen-bond donors (Lipinski definition) is 0. The van der Waals surface area contributed by atoms with Gasteiger partial charge in [0.2, 0.25) is 0 Å². The molecule has 0 saturated carbocycles. The molecule has 1 fully saturated rings. The van der Waals surface area contributed by atoms with Gasteiger partial charge in [0.25, 0.3) is 0 Å². The third kappa shape index (κ3) is 5.80. The van der Waals surface area contributed by atoms with Crippen LogP contribution >= 0.6 is 0 Å². The fraction of sp³-hybridized carbons (Fsp3) is 0.643. The summed E-state index contributed by atoms with van der Waals surface area (Å²) in [5, 5.41) is 0. The van der Waals surface area contributed by atoms with Crippen LogP contribution in [-0.2, 0) is 19.1 Å². The minimum Gasteiger partial charge on any atom is -0.469 e. The van der Waals surface area contributed by atoms with Crippen molar-refractivity contribution in [2.75, 3.05) is 19.1 Å². The molecule has 1 unspecified atom stereocenters. The lowest BCUT2D eigenvalue weighted by Gasteiger charge is -2.39. The number of anilines is 1. The van der Waals surface area contributed by atoms with Crippen molar-refractivity contribution in [1.29, 1.82) is 0 Å². The molecule has 1 aromatic carbocycles. The van der Waals surface area contributed by atoms with Crippen molar-refractivity contribution >= 4 is 17.6 Å². The third-order valence-corrected chi connectivity index (χ3v) is 6.73. The smallest absolute Gasteiger partial charge is 0.312 e. The molecule has 0 aromatic heterocycles. The Labute approximate surface area is 200 Å². The Hall–Kier alpha value is -2.30. The number of nitrogens with zero attached hydrogens (tertiary/aromatic N) is 1. The van der Waals surface area contributed by atoms with Crippen LogP contribution in [0.15, 0.2) is 30.0 Å². The summed E-state index contributed by atoms with van der Waals surface area (Å²) < 4.78 is 9.93. The Kier molecular flexibility index (Phi) is 8.42. The molecule has 0 N–H and O–H groups in total. The molecular weight excluding hydrogens is 414 g/mol. The van der Waals surface area contributed by atoms with E-state index in [2.05, 4.69) is 78.5 Å². The van der Waals surface area contributed by atoms with Crippen LogP contribution in [-0.4, -0.2) is 31.7 Å². The summed E-state index contributed by atoms with van der Waals surface area (Å²) in [7, 11) is 2.77. The lowest BCUT2D eigenvalue weighted by atomic mass is 9.82. The van der Waals surface area contributed by atoms with Crippen LogP contribution in [0.4, 0.5) is 5.69 Å². The van der Waals surface area contributed by atoms with Crippen molar-refractivity contribution < 1.29 is 19.1 Å². The fourth-order valence-corrected chi connectivity index (χ4v) is 5.36. The van der Waals surface area contributed by atoms with Crippen LogP contribution in [0.25, 0.3) is 0 Å². The van der Waals surface area contributed by atoms with Crippen molar-refractivity contribution in [1.82, 2.24) is 0 Å². The van der Waals surface area contributed by atoms with Crippen molar-refractivity contribution in [3.8, 4) is 0 Å². The summed E-state index contributed by atoms with van der Waals surface area (Å²) in [6.07, 6.45) is 3.52. The predicted molar refractivity (Wildman–Crippen MR) is 134 cm³/mol. The van der Waals surface area contributed by atoms with E-state index in [1.807, 2.05) is 6.08 Å². The highest BCUT2D eigenvalue weighted by molar-refractivity contribution is 5.77. The molecule has 0 radical (unpaired) electrons. The molecule has 0 aliphatic carbocycles. The van der Waals surface area contributed by atoms with Gasteiger partial charge in [-0.2, -0.15) is 0 Å². The lowest BCUT2D eigenvalue weighted by Crippen LogP contribution is -2.39. The van der Waals surface area contributed by atoms with Crippen LogP contribution in [0.5, 0.6) is 0 Å². The molecule has 1 aliphatic rings. The maximum atomic E-state index is 12.7. The quantitative estimate of drug-likeness (QED) is 0.413. The molecule has 1 saturated heterocycles. The first-order valence-electron chi connectivity index (χ1n) is 12.1. The summed E-state index contributed by atoms with van der Waals surface area (Å²) >= 11 is 0. The first kappa shape index (κ1) is 26.9. The number of benzene rings is 1. The Morgan fingerprint density at radius 2 is 1.55 bits per heavy atom. The van der Waals surface area contributed by atoms with Gasteiger partial charge in [0.15, 0.2) is 0 Å². The molecule has 1 atom stereocenters. The third-order valence-electron chi connectivity index (χ3n) is 6.73. The highest BCUT2D eigenvalue weighted by Crippen LogP contribution is 2.54. The molecule has 5 heteroatoms. The number of carbonyl (C=O) groups excluding carboxylic acids is 2. The minimum absolute atomic E-state index is 0.146. The zero-order chi connectivity index (χ0) is 25.1. The number of rotatable bonds is 8.